The Morgan fingerprint density at radius 1 is 1.09 bits per heavy atom. The highest BCUT2D eigenvalue weighted by Gasteiger charge is 2.24. The van der Waals surface area contributed by atoms with Crippen molar-refractivity contribution in [2.45, 2.75) is 24.2 Å². The van der Waals surface area contributed by atoms with Crippen LogP contribution in [0.3, 0.4) is 0 Å². The summed E-state index contributed by atoms with van der Waals surface area (Å²) in [5.74, 6) is 0. The molecule has 6 nitrogen and oxygen atoms in total. The summed E-state index contributed by atoms with van der Waals surface area (Å²) in [6.07, 6.45) is 0. The number of hydrogen-bond acceptors (Lipinski definition) is 4. The fraction of sp³-hybridized carbons (Fsp3) is 0.250. The molecule has 0 heterocycles. The van der Waals surface area contributed by atoms with Crippen LogP contribution < -0.4 is 4.72 Å². The largest absolute Gasteiger partial charge is 0.270 e. The third-order valence-corrected chi connectivity index (χ3v) is 5.00. The quantitative estimate of drug-likeness (QED) is 0.650. The molecule has 0 unspecified atom stereocenters. The van der Waals surface area contributed by atoms with Crippen LogP contribution in [0.2, 0.25) is 0 Å². The topological polar surface area (TPSA) is 89.3 Å². The minimum Gasteiger partial charge on any atom is -0.258 e. The number of hydrogen-bond donors (Lipinski definition) is 1. The molecule has 0 saturated carbocycles. The van der Waals surface area contributed by atoms with Crippen LogP contribution in [0.4, 0.5) is 5.69 Å². The minimum absolute atomic E-state index is 0.115. The molecule has 0 aliphatic heterocycles. The number of benzene rings is 2. The molecule has 0 atom stereocenters. The zero-order valence-corrected chi connectivity index (χ0v) is 13.7. The maximum absolute atomic E-state index is 12.4. The van der Waals surface area contributed by atoms with E-state index in [4.69, 9.17) is 0 Å². The Bertz CT molecular complexity index is 802. The van der Waals surface area contributed by atoms with Gasteiger partial charge < -0.3 is 0 Å². The number of nitrogens with zero attached hydrogens (tertiary/aromatic N) is 1. The molecule has 122 valence electrons. The molecule has 1 N–H and O–H groups in total. The summed E-state index contributed by atoms with van der Waals surface area (Å²) in [7, 11) is -3.81. The van der Waals surface area contributed by atoms with Gasteiger partial charge in [0, 0.05) is 24.1 Å². The van der Waals surface area contributed by atoms with Crippen LogP contribution in [-0.4, -0.2) is 19.9 Å². The monoisotopic (exact) mass is 334 g/mol. The molecule has 0 aliphatic carbocycles. The summed E-state index contributed by atoms with van der Waals surface area (Å²) >= 11 is 0. The molecule has 0 bridgehead atoms. The number of non-ortho nitro benzene ring substituents is 1. The third kappa shape index (κ3) is 4.14. The van der Waals surface area contributed by atoms with Crippen LogP contribution in [0.15, 0.2) is 59.5 Å². The van der Waals surface area contributed by atoms with Crippen molar-refractivity contribution in [3.63, 3.8) is 0 Å². The molecule has 7 heteroatoms. The van der Waals surface area contributed by atoms with Crippen molar-refractivity contribution in [1.82, 2.24) is 4.72 Å². The summed E-state index contributed by atoms with van der Waals surface area (Å²) in [6, 6.07) is 14.6. The van der Waals surface area contributed by atoms with Gasteiger partial charge in [0.2, 0.25) is 10.0 Å². The van der Waals surface area contributed by atoms with Gasteiger partial charge in [0.25, 0.3) is 5.69 Å². The fourth-order valence-electron chi connectivity index (χ4n) is 2.11. The predicted octanol–water partition coefficient (Wildman–Crippen LogP) is 2.85. The van der Waals surface area contributed by atoms with Crippen LogP contribution in [-0.2, 0) is 15.4 Å². The highest BCUT2D eigenvalue weighted by molar-refractivity contribution is 7.89. The molecule has 2 aromatic rings. The number of rotatable bonds is 6. The van der Waals surface area contributed by atoms with Gasteiger partial charge in [-0.25, -0.2) is 13.1 Å². The first-order valence-electron chi connectivity index (χ1n) is 7.02. The van der Waals surface area contributed by atoms with Gasteiger partial charge in [-0.1, -0.05) is 50.2 Å². The van der Waals surface area contributed by atoms with Gasteiger partial charge in [0.05, 0.1) is 9.82 Å². The first kappa shape index (κ1) is 17.1. The van der Waals surface area contributed by atoms with Crippen LogP contribution in [0.1, 0.15) is 19.4 Å². The second-order valence-electron chi connectivity index (χ2n) is 5.83. The Labute approximate surface area is 135 Å². The molecule has 2 rings (SSSR count). The predicted molar refractivity (Wildman–Crippen MR) is 87.8 cm³/mol. The Balaban J connectivity index is 2.19. The summed E-state index contributed by atoms with van der Waals surface area (Å²) in [5.41, 5.74) is 0.339. The van der Waals surface area contributed by atoms with Gasteiger partial charge in [0.15, 0.2) is 0 Å². The second kappa shape index (κ2) is 6.47. The lowest BCUT2D eigenvalue weighted by molar-refractivity contribution is -0.385. The zero-order valence-electron chi connectivity index (χ0n) is 12.9. The molecule has 0 fully saturated rings. The van der Waals surface area contributed by atoms with Crippen molar-refractivity contribution in [3.8, 4) is 0 Å². The highest BCUT2D eigenvalue weighted by Crippen LogP contribution is 2.23. The molecule has 2 aromatic carbocycles. The number of nitro benzene ring substituents is 1. The first-order valence-corrected chi connectivity index (χ1v) is 8.50. The molecule has 0 amide bonds. The molecule has 23 heavy (non-hydrogen) atoms. The third-order valence-electron chi connectivity index (χ3n) is 3.60. The van der Waals surface area contributed by atoms with E-state index in [1.54, 1.807) is 0 Å². The number of sulfonamides is 1. The summed E-state index contributed by atoms with van der Waals surface area (Å²) in [6.45, 7) is 4.04. The van der Waals surface area contributed by atoms with Crippen molar-refractivity contribution in [1.29, 1.82) is 0 Å². The van der Waals surface area contributed by atoms with E-state index in [1.165, 1.54) is 18.2 Å². The van der Waals surface area contributed by atoms with Gasteiger partial charge in [-0.15, -0.1) is 0 Å². The molecule has 0 aromatic heterocycles. The van der Waals surface area contributed by atoms with Crippen LogP contribution in [0.25, 0.3) is 0 Å². The van der Waals surface area contributed by atoms with Crippen molar-refractivity contribution < 1.29 is 13.3 Å². The van der Waals surface area contributed by atoms with Crippen LogP contribution in [0, 0.1) is 10.1 Å². The Morgan fingerprint density at radius 2 is 1.74 bits per heavy atom. The SMILES string of the molecule is CC(C)(CNS(=O)(=O)c1cccc([N+](=O)[O-])c1)c1ccccc1. The molecule has 0 aliphatic rings. The van der Waals surface area contributed by atoms with E-state index < -0.39 is 20.4 Å². The molecule has 0 radical (unpaired) electrons. The summed E-state index contributed by atoms with van der Waals surface area (Å²) in [4.78, 5) is 10.0. The van der Waals surface area contributed by atoms with E-state index in [0.29, 0.717) is 0 Å². The van der Waals surface area contributed by atoms with E-state index >= 15 is 0 Å². The van der Waals surface area contributed by atoms with Gasteiger partial charge in [0.1, 0.15) is 0 Å². The average molecular weight is 334 g/mol. The summed E-state index contributed by atoms with van der Waals surface area (Å²) in [5, 5.41) is 10.8. The number of nitro groups is 1. The lowest BCUT2D eigenvalue weighted by Gasteiger charge is -2.25. The zero-order chi connectivity index (χ0) is 17.1. The minimum atomic E-state index is -3.81. The molecular weight excluding hydrogens is 316 g/mol. The number of nitrogens with one attached hydrogen (secondary N) is 1. The maximum Gasteiger partial charge on any atom is 0.270 e. The highest BCUT2D eigenvalue weighted by atomic mass is 32.2. The molecule has 0 spiro atoms. The van der Waals surface area contributed by atoms with Gasteiger partial charge in [-0.05, 0) is 11.6 Å². The van der Waals surface area contributed by atoms with Gasteiger partial charge >= 0.3 is 0 Å². The van der Waals surface area contributed by atoms with Gasteiger partial charge in [-0.3, -0.25) is 10.1 Å². The van der Waals surface area contributed by atoms with Gasteiger partial charge in [-0.2, -0.15) is 0 Å². The average Bonchev–Trinajstić information content (AvgIpc) is 2.54. The van der Waals surface area contributed by atoms with E-state index in [0.717, 1.165) is 11.6 Å². The van der Waals surface area contributed by atoms with E-state index in [-0.39, 0.29) is 17.1 Å². The van der Waals surface area contributed by atoms with Crippen LogP contribution >= 0.6 is 0 Å². The second-order valence-corrected chi connectivity index (χ2v) is 7.60. The molecular formula is C16H18N2O4S. The lowest BCUT2D eigenvalue weighted by Crippen LogP contribution is -2.36. The summed E-state index contributed by atoms with van der Waals surface area (Å²) < 4.78 is 27.2. The lowest BCUT2D eigenvalue weighted by atomic mass is 9.85. The first-order chi connectivity index (χ1) is 10.7. The van der Waals surface area contributed by atoms with E-state index in [9.17, 15) is 18.5 Å². The van der Waals surface area contributed by atoms with E-state index in [2.05, 4.69) is 4.72 Å². The van der Waals surface area contributed by atoms with Crippen LogP contribution in [0.5, 0.6) is 0 Å². The Hall–Kier alpha value is -2.25. The fourth-order valence-corrected chi connectivity index (χ4v) is 3.37. The standard InChI is InChI=1S/C16H18N2O4S/c1-16(2,13-7-4-3-5-8-13)12-17-23(21,22)15-10-6-9-14(11-15)18(19)20/h3-11,17H,12H2,1-2H3. The van der Waals surface area contributed by atoms with Crippen molar-refractivity contribution in [2.75, 3.05) is 6.54 Å². The molecule has 0 saturated heterocycles. The normalized spacial score (nSPS) is 12.1. The van der Waals surface area contributed by atoms with Crippen molar-refractivity contribution in [3.05, 3.63) is 70.3 Å². The van der Waals surface area contributed by atoms with E-state index in [1.807, 2.05) is 44.2 Å². The maximum atomic E-state index is 12.4. The van der Waals surface area contributed by atoms with Crippen molar-refractivity contribution >= 4 is 15.7 Å². The Kier molecular flexibility index (Phi) is 4.82. The Morgan fingerprint density at radius 3 is 2.35 bits per heavy atom. The smallest absolute Gasteiger partial charge is 0.258 e. The van der Waals surface area contributed by atoms with Crippen molar-refractivity contribution in [2.24, 2.45) is 0 Å².